The highest BCUT2D eigenvalue weighted by molar-refractivity contribution is 6.00. The number of amidine groups is 1. The molecule has 1 saturated carbocycles. The molecule has 2 heterocycles. The van der Waals surface area contributed by atoms with Gasteiger partial charge in [-0.25, -0.2) is 4.99 Å². The number of ether oxygens (including phenoxy) is 5. The van der Waals surface area contributed by atoms with Gasteiger partial charge in [-0.1, -0.05) is 6.07 Å². The number of nitriles is 2. The van der Waals surface area contributed by atoms with E-state index in [1.54, 1.807) is 12.1 Å². The molecule has 0 radical (unpaired) electrons. The molecule has 2 N–H and O–H groups in total. The van der Waals surface area contributed by atoms with Crippen LogP contribution >= 0.6 is 0 Å². The van der Waals surface area contributed by atoms with Crippen molar-refractivity contribution in [3.63, 3.8) is 0 Å². The van der Waals surface area contributed by atoms with E-state index in [4.69, 9.17) is 29.4 Å². The Hall–Kier alpha value is -3.01. The van der Waals surface area contributed by atoms with E-state index in [1.807, 2.05) is 0 Å². The van der Waals surface area contributed by atoms with Crippen molar-refractivity contribution in [2.24, 2.45) is 21.6 Å². The van der Waals surface area contributed by atoms with Crippen molar-refractivity contribution in [1.29, 1.82) is 10.5 Å². The maximum atomic E-state index is 10.1. The zero-order valence-corrected chi connectivity index (χ0v) is 15.1. The fraction of sp³-hybridized carbons (Fsp3) is 0.500. The van der Waals surface area contributed by atoms with Crippen LogP contribution in [0.25, 0.3) is 0 Å². The fourth-order valence-corrected chi connectivity index (χ4v) is 4.54. The minimum absolute atomic E-state index is 0.0234. The van der Waals surface area contributed by atoms with Crippen LogP contribution in [0.3, 0.4) is 0 Å². The topological polar surface area (TPSA) is 132 Å². The summed E-state index contributed by atoms with van der Waals surface area (Å²) in [6, 6.07) is 7.87. The van der Waals surface area contributed by atoms with Crippen molar-refractivity contribution >= 4 is 5.84 Å². The predicted octanol–water partition coefficient (Wildman–Crippen LogP) is 0.901. The summed E-state index contributed by atoms with van der Waals surface area (Å²) in [6.45, 7) is 0.523. The zero-order chi connectivity index (χ0) is 19.4. The number of hydrogen-bond acceptors (Lipinski definition) is 9. The Kier molecular flexibility index (Phi) is 3.54. The monoisotopic (exact) mass is 370 g/mol. The number of nitrogens with two attached hydrogens (primary N) is 1. The highest BCUT2D eigenvalue weighted by Crippen LogP contribution is 2.83. The molecule has 27 heavy (non-hydrogen) atoms. The lowest BCUT2D eigenvalue weighted by Crippen LogP contribution is -2.38. The average molecular weight is 370 g/mol. The van der Waals surface area contributed by atoms with Gasteiger partial charge in [0.25, 0.3) is 5.91 Å². The second-order valence-corrected chi connectivity index (χ2v) is 6.47. The molecular formula is C18H18N4O5. The van der Waals surface area contributed by atoms with Gasteiger partial charge >= 0.3 is 0 Å². The van der Waals surface area contributed by atoms with Crippen molar-refractivity contribution in [1.82, 2.24) is 0 Å². The summed E-state index contributed by atoms with van der Waals surface area (Å²) >= 11 is 0. The van der Waals surface area contributed by atoms with E-state index in [0.717, 1.165) is 0 Å². The molecular weight excluding hydrogens is 352 g/mol. The average Bonchev–Trinajstić information content (AvgIpc) is 2.93. The summed E-state index contributed by atoms with van der Waals surface area (Å²) in [4.78, 5) is 4.25. The van der Waals surface area contributed by atoms with Gasteiger partial charge in [0.15, 0.2) is 16.9 Å². The van der Waals surface area contributed by atoms with Crippen LogP contribution in [0.5, 0.6) is 17.2 Å². The first-order valence-electron chi connectivity index (χ1n) is 8.28. The van der Waals surface area contributed by atoms with Crippen molar-refractivity contribution in [2.75, 3.05) is 34.5 Å². The van der Waals surface area contributed by atoms with Gasteiger partial charge in [-0.15, -0.1) is 0 Å². The molecule has 1 aliphatic carbocycles. The fourth-order valence-electron chi connectivity index (χ4n) is 4.54. The molecule has 9 nitrogen and oxygen atoms in total. The van der Waals surface area contributed by atoms with E-state index in [-0.39, 0.29) is 19.0 Å². The van der Waals surface area contributed by atoms with Gasteiger partial charge in [0.05, 0.1) is 46.7 Å². The lowest BCUT2D eigenvalue weighted by molar-refractivity contribution is -0.184. The molecule has 1 saturated heterocycles. The van der Waals surface area contributed by atoms with Gasteiger partial charge in [0.1, 0.15) is 11.3 Å². The molecule has 3 aliphatic rings. The summed E-state index contributed by atoms with van der Waals surface area (Å²) in [5.41, 5.74) is 3.93. The maximum Gasteiger partial charge on any atom is 0.293 e. The Morgan fingerprint density at radius 1 is 1.07 bits per heavy atom. The minimum Gasteiger partial charge on any atom is -0.493 e. The van der Waals surface area contributed by atoms with Crippen LogP contribution in [0.4, 0.5) is 0 Å². The molecule has 1 aromatic carbocycles. The molecule has 3 unspecified atom stereocenters. The van der Waals surface area contributed by atoms with Crippen LogP contribution in [-0.4, -0.2) is 46.3 Å². The largest absolute Gasteiger partial charge is 0.493 e. The quantitative estimate of drug-likeness (QED) is 0.827. The molecule has 4 rings (SSSR count). The summed E-state index contributed by atoms with van der Waals surface area (Å²) in [6.07, 6.45) is 0. The van der Waals surface area contributed by atoms with Gasteiger partial charge in [0.2, 0.25) is 5.75 Å². The number of methoxy groups -OCH3 is 3. The Labute approximate surface area is 155 Å². The highest BCUT2D eigenvalue weighted by atomic mass is 16.8. The van der Waals surface area contributed by atoms with Crippen molar-refractivity contribution in [3.05, 3.63) is 17.7 Å². The van der Waals surface area contributed by atoms with Crippen LogP contribution in [0, 0.1) is 33.5 Å². The molecule has 9 heteroatoms. The van der Waals surface area contributed by atoms with Gasteiger partial charge in [-0.05, 0) is 6.07 Å². The molecule has 140 valence electrons. The SMILES string of the molecule is COc1ccc(C2C3(C#N)C(N)=NC4(OCCO4)C23C#N)c(OC)c1OC. The third-order valence-corrected chi connectivity index (χ3v) is 5.65. The van der Waals surface area contributed by atoms with E-state index < -0.39 is 22.7 Å². The third kappa shape index (κ3) is 1.67. The van der Waals surface area contributed by atoms with Gasteiger partial charge in [-0.2, -0.15) is 10.5 Å². The Morgan fingerprint density at radius 2 is 1.74 bits per heavy atom. The number of rotatable bonds is 4. The van der Waals surface area contributed by atoms with Gasteiger partial charge < -0.3 is 29.4 Å². The standard InChI is InChI=1S/C18H18N4O5/c1-23-11-5-4-10(12(24-2)13(11)25-3)14-16(8-19)15(21)22-18(17(14,16)9-20)26-6-7-27-18/h4-5,14H,6-7H2,1-3H3,(H2,21,22). The summed E-state index contributed by atoms with van der Waals surface area (Å²) in [5.74, 6) is -1.04. The second kappa shape index (κ2) is 5.49. The van der Waals surface area contributed by atoms with E-state index in [9.17, 15) is 10.5 Å². The first-order valence-corrected chi connectivity index (χ1v) is 8.28. The molecule has 0 amide bonds. The second-order valence-electron chi connectivity index (χ2n) is 6.47. The van der Waals surface area contributed by atoms with Gasteiger partial charge in [-0.3, -0.25) is 0 Å². The molecule has 3 atom stereocenters. The Morgan fingerprint density at radius 3 is 2.26 bits per heavy atom. The normalized spacial score (nSPS) is 32.2. The molecule has 1 aromatic rings. The van der Waals surface area contributed by atoms with Crippen LogP contribution in [-0.2, 0) is 9.47 Å². The van der Waals surface area contributed by atoms with Crippen molar-refractivity contribution in [3.8, 4) is 29.4 Å². The van der Waals surface area contributed by atoms with Crippen LogP contribution in [0.15, 0.2) is 17.1 Å². The molecule has 1 spiro atoms. The number of hydrogen-bond donors (Lipinski definition) is 1. The zero-order valence-electron chi connectivity index (χ0n) is 15.1. The van der Waals surface area contributed by atoms with E-state index in [2.05, 4.69) is 17.1 Å². The number of benzene rings is 1. The van der Waals surface area contributed by atoms with E-state index >= 15 is 0 Å². The Balaban J connectivity index is 1.96. The molecule has 0 aromatic heterocycles. The lowest BCUT2D eigenvalue weighted by atomic mass is 9.93. The van der Waals surface area contributed by atoms with Crippen LogP contribution in [0.2, 0.25) is 0 Å². The smallest absolute Gasteiger partial charge is 0.293 e. The molecule has 2 aliphatic heterocycles. The predicted molar refractivity (Wildman–Crippen MR) is 91.2 cm³/mol. The first-order chi connectivity index (χ1) is 13.0. The summed E-state index contributed by atoms with van der Waals surface area (Å²) in [5, 5.41) is 20.2. The number of fused-ring (bicyclic) bond motifs is 2. The minimum atomic E-state index is -1.59. The summed E-state index contributed by atoms with van der Waals surface area (Å²) < 4.78 is 27.7. The number of aliphatic imine (C=N–C) groups is 1. The number of nitrogens with zero attached hydrogens (tertiary/aromatic N) is 3. The lowest BCUT2D eigenvalue weighted by Gasteiger charge is -2.26. The van der Waals surface area contributed by atoms with E-state index in [0.29, 0.717) is 22.8 Å². The third-order valence-electron chi connectivity index (χ3n) is 5.65. The molecule has 0 bridgehead atoms. The van der Waals surface area contributed by atoms with Crippen LogP contribution in [0.1, 0.15) is 11.5 Å². The first kappa shape index (κ1) is 17.4. The van der Waals surface area contributed by atoms with Gasteiger partial charge in [0, 0.05) is 11.5 Å². The van der Waals surface area contributed by atoms with Crippen LogP contribution < -0.4 is 19.9 Å². The maximum absolute atomic E-state index is 10.1. The summed E-state index contributed by atoms with van der Waals surface area (Å²) in [7, 11) is 4.47. The van der Waals surface area contributed by atoms with Crippen molar-refractivity contribution in [2.45, 2.75) is 11.8 Å². The van der Waals surface area contributed by atoms with Crippen molar-refractivity contribution < 1.29 is 23.7 Å². The van der Waals surface area contributed by atoms with E-state index in [1.165, 1.54) is 21.3 Å². The molecule has 2 fully saturated rings. The highest BCUT2D eigenvalue weighted by Gasteiger charge is 2.94. The Bertz CT molecular complexity index is 927.